The first-order valence-electron chi connectivity index (χ1n) is 8.14. The van der Waals surface area contributed by atoms with Crippen LogP contribution in [0.15, 0.2) is 30.3 Å². The van der Waals surface area contributed by atoms with E-state index < -0.39 is 11.9 Å². The normalized spacial score (nSPS) is 22.0. The van der Waals surface area contributed by atoms with Gasteiger partial charge in [-0.1, -0.05) is 30.3 Å². The Kier molecular flexibility index (Phi) is 4.36. The van der Waals surface area contributed by atoms with Gasteiger partial charge in [0, 0.05) is 19.0 Å². The average molecular weight is 329 g/mol. The van der Waals surface area contributed by atoms with Gasteiger partial charge < -0.3 is 5.11 Å². The lowest BCUT2D eigenvalue weighted by Crippen LogP contribution is -2.26. The number of tetrazole rings is 1. The number of aromatic nitrogens is 4. The first kappa shape index (κ1) is 16.6. The summed E-state index contributed by atoms with van der Waals surface area (Å²) in [6.07, 6.45) is 0. The molecule has 128 valence electrons. The first-order valence-corrected chi connectivity index (χ1v) is 8.14. The fraction of sp³-hybridized carbons (Fsp3) is 0.529. The monoisotopic (exact) mass is 329 g/mol. The molecule has 0 unspecified atom stereocenters. The van der Waals surface area contributed by atoms with Gasteiger partial charge in [0.15, 0.2) is 5.82 Å². The van der Waals surface area contributed by atoms with Crippen LogP contribution in [0.4, 0.5) is 0 Å². The second kappa shape index (κ2) is 6.32. The molecule has 1 aliphatic rings. The van der Waals surface area contributed by atoms with Crippen molar-refractivity contribution < 1.29 is 9.90 Å². The number of likely N-dealkylation sites (tertiary alicyclic amines) is 1. The quantitative estimate of drug-likeness (QED) is 0.919. The van der Waals surface area contributed by atoms with Crippen LogP contribution in [-0.4, -0.2) is 49.3 Å². The van der Waals surface area contributed by atoms with Crippen molar-refractivity contribution >= 4 is 5.97 Å². The summed E-state index contributed by atoms with van der Waals surface area (Å²) in [5.74, 6) is -0.549. The van der Waals surface area contributed by atoms with Crippen molar-refractivity contribution in [2.45, 2.75) is 38.8 Å². The van der Waals surface area contributed by atoms with Crippen LogP contribution in [0.5, 0.6) is 0 Å². The molecule has 1 N–H and O–H groups in total. The average Bonchev–Trinajstić information content (AvgIpc) is 3.15. The van der Waals surface area contributed by atoms with E-state index in [-0.39, 0.29) is 11.5 Å². The number of aliphatic carboxylic acids is 1. The number of carboxylic acid groups (broad SMARTS) is 1. The molecule has 1 aliphatic heterocycles. The van der Waals surface area contributed by atoms with Gasteiger partial charge in [0.1, 0.15) is 0 Å². The molecule has 0 saturated carbocycles. The SMILES string of the molecule is CC(C)(C)n1nnc(CN2C[C@H](C(=O)O)[C@@H](c3ccccc3)C2)n1. The molecule has 24 heavy (non-hydrogen) atoms. The molecule has 1 saturated heterocycles. The zero-order valence-corrected chi connectivity index (χ0v) is 14.3. The minimum absolute atomic E-state index is 0.0126. The zero-order chi connectivity index (χ0) is 17.3. The lowest BCUT2D eigenvalue weighted by molar-refractivity contribution is -0.141. The van der Waals surface area contributed by atoms with Crippen molar-refractivity contribution in [3.8, 4) is 0 Å². The molecule has 7 heteroatoms. The number of hydrogen-bond donors (Lipinski definition) is 1. The molecule has 0 radical (unpaired) electrons. The van der Waals surface area contributed by atoms with Gasteiger partial charge in [-0.05, 0) is 31.5 Å². The van der Waals surface area contributed by atoms with Gasteiger partial charge in [-0.3, -0.25) is 9.69 Å². The van der Waals surface area contributed by atoms with Crippen molar-refractivity contribution in [1.82, 2.24) is 25.1 Å². The van der Waals surface area contributed by atoms with Crippen molar-refractivity contribution in [3.05, 3.63) is 41.7 Å². The number of carbonyl (C=O) groups is 1. The Balaban J connectivity index is 1.74. The number of rotatable bonds is 4. The standard InChI is InChI=1S/C17H23N5O2/c1-17(2,3)22-19-15(18-20-22)11-21-9-13(14(10-21)16(23)24)12-7-5-4-6-8-12/h4-8,13-14H,9-11H2,1-3H3,(H,23,24)/t13-,14+/m1/s1. The fourth-order valence-corrected chi connectivity index (χ4v) is 3.09. The Morgan fingerprint density at radius 2 is 1.96 bits per heavy atom. The number of carboxylic acids is 1. The number of benzene rings is 1. The molecule has 3 rings (SSSR count). The molecule has 2 heterocycles. The van der Waals surface area contributed by atoms with E-state index in [1.807, 2.05) is 51.1 Å². The van der Waals surface area contributed by atoms with Crippen LogP contribution < -0.4 is 0 Å². The van der Waals surface area contributed by atoms with Crippen molar-refractivity contribution in [1.29, 1.82) is 0 Å². The minimum Gasteiger partial charge on any atom is -0.481 e. The first-order chi connectivity index (χ1) is 11.3. The molecule has 0 aliphatic carbocycles. The van der Waals surface area contributed by atoms with Crippen LogP contribution in [0, 0.1) is 5.92 Å². The smallest absolute Gasteiger partial charge is 0.308 e. The highest BCUT2D eigenvalue weighted by Crippen LogP contribution is 2.33. The van der Waals surface area contributed by atoms with Crippen molar-refractivity contribution in [2.24, 2.45) is 5.92 Å². The summed E-state index contributed by atoms with van der Waals surface area (Å²) in [7, 11) is 0. The minimum atomic E-state index is -0.752. The van der Waals surface area contributed by atoms with Gasteiger partial charge in [0.05, 0.1) is 18.0 Å². The Labute approximate surface area is 141 Å². The van der Waals surface area contributed by atoms with E-state index in [1.54, 1.807) is 4.80 Å². The fourth-order valence-electron chi connectivity index (χ4n) is 3.09. The Morgan fingerprint density at radius 3 is 2.54 bits per heavy atom. The summed E-state index contributed by atoms with van der Waals surface area (Å²) in [6, 6.07) is 9.85. The van der Waals surface area contributed by atoms with E-state index in [2.05, 4.69) is 20.3 Å². The van der Waals surface area contributed by atoms with Crippen LogP contribution in [0.2, 0.25) is 0 Å². The summed E-state index contributed by atoms with van der Waals surface area (Å²) in [4.78, 5) is 15.3. The van der Waals surface area contributed by atoms with Crippen LogP contribution in [0.25, 0.3) is 0 Å². The highest BCUT2D eigenvalue weighted by atomic mass is 16.4. The maximum absolute atomic E-state index is 11.6. The Bertz CT molecular complexity index is 707. The Morgan fingerprint density at radius 1 is 1.25 bits per heavy atom. The van der Waals surface area contributed by atoms with Crippen LogP contribution >= 0.6 is 0 Å². The topological polar surface area (TPSA) is 84.1 Å². The summed E-state index contributed by atoms with van der Waals surface area (Å²) in [5, 5.41) is 22.2. The van der Waals surface area contributed by atoms with E-state index in [1.165, 1.54) is 0 Å². The molecular weight excluding hydrogens is 306 g/mol. The molecule has 1 aromatic carbocycles. The summed E-state index contributed by atoms with van der Waals surface area (Å²) in [5.41, 5.74) is 0.852. The summed E-state index contributed by atoms with van der Waals surface area (Å²) < 4.78 is 0. The molecule has 2 aromatic rings. The second-order valence-corrected chi connectivity index (χ2v) is 7.32. The summed E-state index contributed by atoms with van der Waals surface area (Å²) >= 11 is 0. The van der Waals surface area contributed by atoms with Crippen LogP contribution in [0.3, 0.4) is 0 Å². The molecule has 1 aromatic heterocycles. The zero-order valence-electron chi connectivity index (χ0n) is 14.3. The number of nitrogens with zero attached hydrogens (tertiary/aromatic N) is 5. The molecular formula is C17H23N5O2. The van der Waals surface area contributed by atoms with Crippen LogP contribution in [0.1, 0.15) is 38.1 Å². The lowest BCUT2D eigenvalue weighted by Gasteiger charge is -2.16. The highest BCUT2D eigenvalue weighted by molar-refractivity contribution is 5.72. The summed E-state index contributed by atoms with van der Waals surface area (Å²) in [6.45, 7) is 7.74. The van der Waals surface area contributed by atoms with E-state index in [4.69, 9.17) is 0 Å². The molecule has 0 bridgehead atoms. The predicted molar refractivity (Wildman–Crippen MR) is 88.4 cm³/mol. The largest absolute Gasteiger partial charge is 0.481 e. The molecule has 2 atom stereocenters. The maximum atomic E-state index is 11.6. The molecule has 0 spiro atoms. The third-order valence-corrected chi connectivity index (χ3v) is 4.36. The highest BCUT2D eigenvalue weighted by Gasteiger charge is 2.38. The molecule has 7 nitrogen and oxygen atoms in total. The predicted octanol–water partition coefficient (Wildman–Crippen LogP) is 1.73. The van der Waals surface area contributed by atoms with Crippen molar-refractivity contribution in [3.63, 3.8) is 0 Å². The van der Waals surface area contributed by atoms with Gasteiger partial charge in [0.25, 0.3) is 0 Å². The third-order valence-electron chi connectivity index (χ3n) is 4.36. The lowest BCUT2D eigenvalue weighted by atomic mass is 9.89. The van der Waals surface area contributed by atoms with E-state index in [9.17, 15) is 9.90 Å². The third kappa shape index (κ3) is 3.46. The van der Waals surface area contributed by atoms with E-state index in [0.717, 1.165) is 5.56 Å². The van der Waals surface area contributed by atoms with E-state index in [0.29, 0.717) is 25.5 Å². The van der Waals surface area contributed by atoms with Gasteiger partial charge >= 0.3 is 5.97 Å². The van der Waals surface area contributed by atoms with Gasteiger partial charge in [-0.2, -0.15) is 4.80 Å². The van der Waals surface area contributed by atoms with E-state index >= 15 is 0 Å². The second-order valence-electron chi connectivity index (χ2n) is 7.32. The molecule has 0 amide bonds. The van der Waals surface area contributed by atoms with Gasteiger partial charge in [-0.25, -0.2) is 0 Å². The van der Waals surface area contributed by atoms with Crippen LogP contribution in [-0.2, 0) is 16.9 Å². The number of hydrogen-bond acceptors (Lipinski definition) is 5. The molecule has 1 fully saturated rings. The maximum Gasteiger partial charge on any atom is 0.308 e. The Hall–Kier alpha value is -2.28. The van der Waals surface area contributed by atoms with Gasteiger partial charge in [0.2, 0.25) is 0 Å². The van der Waals surface area contributed by atoms with Crippen molar-refractivity contribution in [2.75, 3.05) is 13.1 Å². The van der Waals surface area contributed by atoms with Gasteiger partial charge in [-0.15, -0.1) is 10.2 Å².